The fourth-order valence-corrected chi connectivity index (χ4v) is 2.48. The van der Waals surface area contributed by atoms with Gasteiger partial charge in [-0.15, -0.1) is 11.3 Å². The lowest BCUT2D eigenvalue weighted by atomic mass is 10.1. The molecule has 0 fully saturated rings. The van der Waals surface area contributed by atoms with Gasteiger partial charge in [-0.05, 0) is 36.6 Å². The van der Waals surface area contributed by atoms with Crippen molar-refractivity contribution in [3.05, 3.63) is 46.2 Å². The van der Waals surface area contributed by atoms with Crippen LogP contribution in [0.1, 0.15) is 17.4 Å². The molecule has 1 aromatic heterocycles. The minimum absolute atomic E-state index is 0.536. The van der Waals surface area contributed by atoms with Gasteiger partial charge in [-0.2, -0.15) is 0 Å². The van der Waals surface area contributed by atoms with E-state index in [4.69, 9.17) is 14.7 Å². The summed E-state index contributed by atoms with van der Waals surface area (Å²) in [5.41, 5.74) is 1.34. The second-order valence-corrected chi connectivity index (χ2v) is 5.26. The van der Waals surface area contributed by atoms with E-state index in [1.54, 1.807) is 31.4 Å². The van der Waals surface area contributed by atoms with E-state index in [1.807, 2.05) is 18.2 Å². The number of ether oxygens (including phenoxy) is 2. The van der Waals surface area contributed by atoms with Crippen molar-refractivity contribution in [2.45, 2.75) is 13.3 Å². The largest absolute Gasteiger partial charge is 0.493 e. The molecule has 0 aliphatic carbocycles. The van der Waals surface area contributed by atoms with Gasteiger partial charge in [-0.1, -0.05) is 11.2 Å². The third-order valence-electron chi connectivity index (χ3n) is 2.92. The maximum Gasteiger partial charge on any atom is 0.161 e. The summed E-state index contributed by atoms with van der Waals surface area (Å²) in [4.78, 5) is 1.30. The average molecular weight is 291 g/mol. The normalized spacial score (nSPS) is 11.4. The zero-order valence-electron chi connectivity index (χ0n) is 11.5. The van der Waals surface area contributed by atoms with E-state index in [0.717, 1.165) is 12.0 Å². The molecular weight excluding hydrogens is 274 g/mol. The molecule has 0 atom stereocenters. The first-order valence-electron chi connectivity index (χ1n) is 6.27. The highest BCUT2D eigenvalue weighted by atomic mass is 32.1. The molecule has 4 nitrogen and oxygen atoms in total. The van der Waals surface area contributed by atoms with Crippen LogP contribution in [-0.4, -0.2) is 24.6 Å². The van der Waals surface area contributed by atoms with Gasteiger partial charge >= 0.3 is 0 Å². The van der Waals surface area contributed by atoms with Crippen molar-refractivity contribution < 1.29 is 14.7 Å². The van der Waals surface area contributed by atoms with E-state index in [2.05, 4.69) is 16.6 Å². The van der Waals surface area contributed by atoms with Gasteiger partial charge in [0, 0.05) is 16.9 Å². The molecule has 0 aliphatic heterocycles. The molecule has 1 heterocycles. The Hall–Kier alpha value is -2.01. The van der Waals surface area contributed by atoms with E-state index >= 15 is 0 Å². The van der Waals surface area contributed by atoms with Crippen LogP contribution in [0.2, 0.25) is 0 Å². The molecule has 0 saturated heterocycles. The lowest BCUT2D eigenvalue weighted by Gasteiger charge is -2.11. The fraction of sp³-hybridized carbons (Fsp3) is 0.267. The Kier molecular flexibility index (Phi) is 5.01. The monoisotopic (exact) mass is 291 g/mol. The Morgan fingerprint density at radius 2 is 2.15 bits per heavy atom. The Balaban J connectivity index is 2.04. The molecule has 0 aliphatic rings. The van der Waals surface area contributed by atoms with Gasteiger partial charge in [-0.3, -0.25) is 0 Å². The van der Waals surface area contributed by atoms with Crippen LogP contribution in [0.25, 0.3) is 0 Å². The minimum atomic E-state index is 0.536. The molecule has 0 saturated carbocycles. The molecule has 0 unspecified atom stereocenters. The fourth-order valence-electron chi connectivity index (χ4n) is 1.79. The molecule has 2 aromatic rings. The van der Waals surface area contributed by atoms with Gasteiger partial charge in [0.05, 0.1) is 19.4 Å². The van der Waals surface area contributed by atoms with E-state index in [-0.39, 0.29) is 0 Å². The topological polar surface area (TPSA) is 51.0 Å². The zero-order chi connectivity index (χ0) is 14.4. The van der Waals surface area contributed by atoms with Crippen LogP contribution in [0, 0.1) is 0 Å². The molecule has 1 N–H and O–H groups in total. The number of rotatable bonds is 6. The summed E-state index contributed by atoms with van der Waals surface area (Å²) in [6.07, 6.45) is 0.875. The smallest absolute Gasteiger partial charge is 0.161 e. The number of thiophene rings is 1. The molecule has 5 heteroatoms. The third-order valence-corrected chi connectivity index (χ3v) is 3.85. The highest BCUT2D eigenvalue weighted by Gasteiger charge is 2.08. The van der Waals surface area contributed by atoms with E-state index in [9.17, 15) is 0 Å². The molecule has 0 amide bonds. The van der Waals surface area contributed by atoms with Crippen LogP contribution < -0.4 is 9.47 Å². The van der Waals surface area contributed by atoms with Crippen LogP contribution >= 0.6 is 11.3 Å². The quantitative estimate of drug-likeness (QED) is 0.503. The Labute approximate surface area is 122 Å². The molecule has 0 radical (unpaired) electrons. The molecule has 106 valence electrons. The summed E-state index contributed by atoms with van der Waals surface area (Å²) in [5, 5.41) is 14.0. The van der Waals surface area contributed by atoms with Crippen molar-refractivity contribution in [2.24, 2.45) is 5.16 Å². The van der Waals surface area contributed by atoms with E-state index < -0.39 is 0 Å². The van der Waals surface area contributed by atoms with Crippen molar-refractivity contribution in [2.75, 3.05) is 13.7 Å². The highest BCUT2D eigenvalue weighted by molar-refractivity contribution is 7.09. The summed E-state index contributed by atoms with van der Waals surface area (Å²) in [6, 6.07) is 9.60. The highest BCUT2D eigenvalue weighted by Crippen LogP contribution is 2.28. The molecule has 0 spiro atoms. The number of benzene rings is 1. The number of oxime groups is 1. The van der Waals surface area contributed by atoms with Crippen LogP contribution in [-0.2, 0) is 6.42 Å². The van der Waals surface area contributed by atoms with Crippen molar-refractivity contribution in [3.63, 3.8) is 0 Å². The summed E-state index contributed by atoms with van der Waals surface area (Å²) in [5.74, 6) is 1.33. The first-order valence-corrected chi connectivity index (χ1v) is 7.15. The first kappa shape index (κ1) is 14.4. The maximum atomic E-state index is 8.79. The molecule has 1 aromatic carbocycles. The van der Waals surface area contributed by atoms with Crippen molar-refractivity contribution >= 4 is 17.0 Å². The van der Waals surface area contributed by atoms with Crippen molar-refractivity contribution in [3.8, 4) is 11.5 Å². The summed E-state index contributed by atoms with van der Waals surface area (Å²) >= 11 is 1.72. The lowest BCUT2D eigenvalue weighted by molar-refractivity contribution is 0.298. The second kappa shape index (κ2) is 6.96. The molecule has 0 bridgehead atoms. The number of methoxy groups -OCH3 is 1. The van der Waals surface area contributed by atoms with Crippen LogP contribution in [0.4, 0.5) is 0 Å². The molecular formula is C15H17NO3S. The molecule has 20 heavy (non-hydrogen) atoms. The average Bonchev–Trinajstić information content (AvgIpc) is 3.00. The SMILES string of the molecule is COc1cc(C(C)=NO)ccc1OCCc1cccs1. The Bertz CT molecular complexity index is 579. The predicted octanol–water partition coefficient (Wildman–Crippen LogP) is 3.58. The van der Waals surface area contributed by atoms with Crippen LogP contribution in [0.15, 0.2) is 40.9 Å². The Morgan fingerprint density at radius 3 is 2.80 bits per heavy atom. The van der Waals surface area contributed by atoms with Gasteiger partial charge in [-0.25, -0.2) is 0 Å². The summed E-state index contributed by atoms with van der Waals surface area (Å²) in [6.45, 7) is 2.33. The number of hydrogen-bond acceptors (Lipinski definition) is 5. The van der Waals surface area contributed by atoms with Crippen molar-refractivity contribution in [1.29, 1.82) is 0 Å². The number of nitrogens with zero attached hydrogens (tertiary/aromatic N) is 1. The second-order valence-electron chi connectivity index (χ2n) is 4.23. The number of hydrogen-bond donors (Lipinski definition) is 1. The van der Waals surface area contributed by atoms with Crippen molar-refractivity contribution in [1.82, 2.24) is 0 Å². The zero-order valence-corrected chi connectivity index (χ0v) is 12.3. The van der Waals surface area contributed by atoms with Gasteiger partial charge in [0.25, 0.3) is 0 Å². The summed E-state index contributed by atoms with van der Waals surface area (Å²) in [7, 11) is 1.59. The van der Waals surface area contributed by atoms with Crippen LogP contribution in [0.5, 0.6) is 11.5 Å². The van der Waals surface area contributed by atoms with E-state index in [0.29, 0.717) is 23.8 Å². The summed E-state index contributed by atoms with van der Waals surface area (Å²) < 4.78 is 11.1. The predicted molar refractivity (Wildman–Crippen MR) is 80.5 cm³/mol. The molecule has 2 rings (SSSR count). The van der Waals surface area contributed by atoms with Gasteiger partial charge in [0.1, 0.15) is 0 Å². The van der Waals surface area contributed by atoms with Gasteiger partial charge in [0.15, 0.2) is 11.5 Å². The third kappa shape index (κ3) is 3.51. The Morgan fingerprint density at radius 1 is 1.30 bits per heavy atom. The van der Waals surface area contributed by atoms with Gasteiger partial charge in [0.2, 0.25) is 0 Å². The lowest BCUT2D eigenvalue weighted by Crippen LogP contribution is -2.03. The van der Waals surface area contributed by atoms with Crippen LogP contribution in [0.3, 0.4) is 0 Å². The van der Waals surface area contributed by atoms with E-state index in [1.165, 1.54) is 4.88 Å². The standard InChI is InChI=1S/C15H17NO3S/c1-11(16-17)12-5-6-14(15(10-12)18-2)19-8-7-13-4-3-9-20-13/h3-6,9-10,17H,7-8H2,1-2H3. The maximum absolute atomic E-state index is 8.79. The first-order chi connectivity index (χ1) is 9.74. The minimum Gasteiger partial charge on any atom is -0.493 e. The van der Waals surface area contributed by atoms with Gasteiger partial charge < -0.3 is 14.7 Å².